The van der Waals surface area contributed by atoms with E-state index in [1.807, 2.05) is 4.90 Å². The molecule has 0 bridgehead atoms. The Morgan fingerprint density at radius 3 is 3.00 bits per heavy atom. The Morgan fingerprint density at radius 1 is 1.44 bits per heavy atom. The van der Waals surface area contributed by atoms with Crippen LogP contribution in [0, 0.1) is 11.8 Å². The standard InChI is InChI=1S/C12H22N2O2/c15-7-4-10-3-6-14(9-10)12(16)11-2-1-5-13-8-11/h10-11,13,15H,1-9H2/t10?,11-/m0/s1. The highest BCUT2D eigenvalue weighted by Crippen LogP contribution is 2.22. The average molecular weight is 226 g/mol. The Labute approximate surface area is 97.0 Å². The van der Waals surface area contributed by atoms with Crippen LogP contribution in [0.2, 0.25) is 0 Å². The molecule has 2 heterocycles. The van der Waals surface area contributed by atoms with Crippen molar-refractivity contribution in [3.63, 3.8) is 0 Å². The van der Waals surface area contributed by atoms with Gasteiger partial charge in [-0.3, -0.25) is 4.79 Å². The van der Waals surface area contributed by atoms with Crippen molar-refractivity contribution in [3.05, 3.63) is 0 Å². The summed E-state index contributed by atoms with van der Waals surface area (Å²) in [5.74, 6) is 1.04. The van der Waals surface area contributed by atoms with E-state index in [0.29, 0.717) is 11.8 Å². The second kappa shape index (κ2) is 5.64. The van der Waals surface area contributed by atoms with Gasteiger partial charge < -0.3 is 15.3 Å². The van der Waals surface area contributed by atoms with E-state index in [1.54, 1.807) is 0 Å². The first kappa shape index (κ1) is 11.9. The van der Waals surface area contributed by atoms with Crippen LogP contribution in [-0.2, 0) is 4.79 Å². The van der Waals surface area contributed by atoms with E-state index in [0.717, 1.165) is 51.9 Å². The second-order valence-electron chi connectivity index (χ2n) is 4.99. The number of nitrogens with zero attached hydrogens (tertiary/aromatic N) is 1. The molecule has 2 N–H and O–H groups in total. The van der Waals surface area contributed by atoms with Crippen molar-refractivity contribution in [2.24, 2.45) is 11.8 Å². The maximum Gasteiger partial charge on any atom is 0.226 e. The number of likely N-dealkylation sites (tertiary alicyclic amines) is 1. The lowest BCUT2D eigenvalue weighted by Gasteiger charge is -2.26. The highest BCUT2D eigenvalue weighted by molar-refractivity contribution is 5.79. The molecule has 2 rings (SSSR count). The quantitative estimate of drug-likeness (QED) is 0.723. The summed E-state index contributed by atoms with van der Waals surface area (Å²) in [5.41, 5.74) is 0. The summed E-state index contributed by atoms with van der Waals surface area (Å²) in [7, 11) is 0. The molecular weight excluding hydrogens is 204 g/mol. The molecule has 0 spiro atoms. The molecule has 0 aliphatic carbocycles. The van der Waals surface area contributed by atoms with Crippen molar-refractivity contribution >= 4 is 5.91 Å². The number of carbonyl (C=O) groups is 1. The number of rotatable bonds is 3. The summed E-state index contributed by atoms with van der Waals surface area (Å²) in [4.78, 5) is 14.2. The summed E-state index contributed by atoms with van der Waals surface area (Å²) in [6, 6.07) is 0. The van der Waals surface area contributed by atoms with Gasteiger partial charge >= 0.3 is 0 Å². The molecule has 2 fully saturated rings. The topological polar surface area (TPSA) is 52.6 Å². The zero-order valence-corrected chi connectivity index (χ0v) is 9.82. The molecule has 0 aromatic rings. The number of piperidine rings is 1. The zero-order chi connectivity index (χ0) is 11.4. The molecule has 2 aliphatic rings. The number of carbonyl (C=O) groups excluding carboxylic acids is 1. The number of aliphatic hydroxyl groups is 1. The molecule has 92 valence electrons. The maximum absolute atomic E-state index is 12.2. The monoisotopic (exact) mass is 226 g/mol. The van der Waals surface area contributed by atoms with Crippen molar-refractivity contribution in [3.8, 4) is 0 Å². The third-order valence-corrected chi connectivity index (χ3v) is 3.78. The molecule has 0 saturated carbocycles. The molecule has 16 heavy (non-hydrogen) atoms. The van der Waals surface area contributed by atoms with E-state index in [2.05, 4.69) is 5.32 Å². The average Bonchev–Trinajstić information content (AvgIpc) is 2.78. The van der Waals surface area contributed by atoms with E-state index in [-0.39, 0.29) is 12.5 Å². The van der Waals surface area contributed by atoms with Crippen molar-refractivity contribution in [1.29, 1.82) is 0 Å². The van der Waals surface area contributed by atoms with Gasteiger partial charge in [-0.25, -0.2) is 0 Å². The van der Waals surface area contributed by atoms with Gasteiger partial charge in [0.05, 0.1) is 5.92 Å². The Balaban J connectivity index is 1.81. The van der Waals surface area contributed by atoms with Gasteiger partial charge in [0.2, 0.25) is 5.91 Å². The molecule has 0 radical (unpaired) electrons. The van der Waals surface area contributed by atoms with Crippen LogP contribution in [0.1, 0.15) is 25.7 Å². The SMILES string of the molecule is O=C([C@H]1CCCNC1)N1CCC(CCO)C1. The minimum absolute atomic E-state index is 0.196. The Kier molecular flexibility index (Phi) is 4.18. The summed E-state index contributed by atoms with van der Waals surface area (Å²) >= 11 is 0. The first-order chi connectivity index (χ1) is 7.81. The minimum atomic E-state index is 0.196. The molecule has 0 aromatic carbocycles. The third kappa shape index (κ3) is 2.74. The van der Waals surface area contributed by atoms with Gasteiger partial charge in [-0.15, -0.1) is 0 Å². The van der Waals surface area contributed by atoms with Gasteiger partial charge in [0.15, 0.2) is 0 Å². The molecule has 2 atom stereocenters. The fourth-order valence-corrected chi connectivity index (χ4v) is 2.77. The number of nitrogens with one attached hydrogen (secondary N) is 1. The predicted molar refractivity (Wildman–Crippen MR) is 62.0 cm³/mol. The molecule has 0 aromatic heterocycles. The highest BCUT2D eigenvalue weighted by Gasteiger charge is 2.30. The van der Waals surface area contributed by atoms with Gasteiger partial charge in [0.25, 0.3) is 0 Å². The number of hydrogen-bond donors (Lipinski definition) is 2. The normalized spacial score (nSPS) is 30.7. The molecule has 1 amide bonds. The van der Waals surface area contributed by atoms with E-state index in [9.17, 15) is 4.79 Å². The Bertz CT molecular complexity index is 239. The Hall–Kier alpha value is -0.610. The predicted octanol–water partition coefficient (Wildman–Crippen LogP) is 0.217. The fraction of sp³-hybridized carbons (Fsp3) is 0.917. The van der Waals surface area contributed by atoms with Gasteiger partial charge in [-0.05, 0) is 38.1 Å². The van der Waals surface area contributed by atoms with Crippen LogP contribution >= 0.6 is 0 Å². The van der Waals surface area contributed by atoms with Crippen molar-refractivity contribution < 1.29 is 9.90 Å². The number of hydrogen-bond acceptors (Lipinski definition) is 3. The summed E-state index contributed by atoms with van der Waals surface area (Å²) in [6.07, 6.45) is 4.05. The van der Waals surface area contributed by atoms with Gasteiger partial charge in [-0.2, -0.15) is 0 Å². The summed E-state index contributed by atoms with van der Waals surface area (Å²) in [6.45, 7) is 3.89. The highest BCUT2D eigenvalue weighted by atomic mass is 16.3. The number of aliphatic hydroxyl groups excluding tert-OH is 1. The first-order valence-electron chi connectivity index (χ1n) is 6.41. The molecule has 2 saturated heterocycles. The van der Waals surface area contributed by atoms with E-state index < -0.39 is 0 Å². The fourth-order valence-electron chi connectivity index (χ4n) is 2.77. The van der Waals surface area contributed by atoms with E-state index in [4.69, 9.17) is 5.11 Å². The van der Waals surface area contributed by atoms with Crippen LogP contribution in [0.15, 0.2) is 0 Å². The molecule has 2 aliphatic heterocycles. The van der Waals surface area contributed by atoms with Crippen molar-refractivity contribution in [2.45, 2.75) is 25.7 Å². The van der Waals surface area contributed by atoms with Gasteiger partial charge in [0.1, 0.15) is 0 Å². The Morgan fingerprint density at radius 2 is 2.31 bits per heavy atom. The van der Waals surface area contributed by atoms with Crippen LogP contribution in [0.4, 0.5) is 0 Å². The van der Waals surface area contributed by atoms with Crippen LogP contribution in [0.5, 0.6) is 0 Å². The van der Waals surface area contributed by atoms with Gasteiger partial charge in [0, 0.05) is 26.2 Å². The summed E-state index contributed by atoms with van der Waals surface area (Å²) < 4.78 is 0. The number of amides is 1. The molecular formula is C12H22N2O2. The molecule has 4 nitrogen and oxygen atoms in total. The lowest BCUT2D eigenvalue weighted by Crippen LogP contribution is -2.42. The largest absolute Gasteiger partial charge is 0.396 e. The zero-order valence-electron chi connectivity index (χ0n) is 9.82. The smallest absolute Gasteiger partial charge is 0.226 e. The van der Waals surface area contributed by atoms with Crippen LogP contribution < -0.4 is 5.32 Å². The summed E-state index contributed by atoms with van der Waals surface area (Å²) in [5, 5.41) is 12.2. The van der Waals surface area contributed by atoms with Crippen LogP contribution in [0.25, 0.3) is 0 Å². The minimum Gasteiger partial charge on any atom is -0.396 e. The van der Waals surface area contributed by atoms with Crippen LogP contribution in [-0.4, -0.2) is 48.7 Å². The van der Waals surface area contributed by atoms with Crippen molar-refractivity contribution in [2.75, 3.05) is 32.8 Å². The van der Waals surface area contributed by atoms with Gasteiger partial charge in [-0.1, -0.05) is 0 Å². The lowest BCUT2D eigenvalue weighted by atomic mass is 9.98. The molecule has 4 heteroatoms. The first-order valence-corrected chi connectivity index (χ1v) is 6.41. The van der Waals surface area contributed by atoms with E-state index in [1.165, 1.54) is 0 Å². The lowest BCUT2D eigenvalue weighted by molar-refractivity contribution is -0.135. The third-order valence-electron chi connectivity index (χ3n) is 3.78. The molecule has 1 unspecified atom stereocenters. The maximum atomic E-state index is 12.2. The second-order valence-corrected chi connectivity index (χ2v) is 4.99. The van der Waals surface area contributed by atoms with Crippen LogP contribution in [0.3, 0.4) is 0 Å². The van der Waals surface area contributed by atoms with Crippen molar-refractivity contribution in [1.82, 2.24) is 10.2 Å². The van der Waals surface area contributed by atoms with E-state index >= 15 is 0 Å².